The molecule has 0 aliphatic carbocycles. The molecule has 1 radical (unpaired) electrons. The summed E-state index contributed by atoms with van der Waals surface area (Å²) in [5.41, 5.74) is 2.58. The van der Waals surface area contributed by atoms with Crippen LogP contribution < -0.4 is 11.3 Å². The maximum absolute atomic E-state index is 11.4. The Morgan fingerprint density at radius 3 is 2.86 bits per heavy atom. The molecule has 3 nitrogen and oxygen atoms in total. The molecular weight excluding hydrogens is 176 g/mol. The molecule has 69 valence electrons. The van der Waals surface area contributed by atoms with Crippen LogP contribution in [0.1, 0.15) is 10.4 Å². The Bertz CT molecular complexity index is 474. The lowest BCUT2D eigenvalue weighted by Gasteiger charge is -2.03. The van der Waals surface area contributed by atoms with Crippen LogP contribution in [0.4, 0.5) is 0 Å². The highest BCUT2D eigenvalue weighted by Crippen LogP contribution is 2.17. The van der Waals surface area contributed by atoms with Gasteiger partial charge in [-0.05, 0) is 16.8 Å². The van der Waals surface area contributed by atoms with Crippen molar-refractivity contribution in [1.82, 2.24) is 5.43 Å². The van der Waals surface area contributed by atoms with Crippen molar-refractivity contribution in [2.75, 3.05) is 0 Å². The largest absolute Gasteiger partial charge is 0.290 e. The van der Waals surface area contributed by atoms with Crippen LogP contribution in [0.15, 0.2) is 36.4 Å². The first-order valence-electron chi connectivity index (χ1n) is 4.23. The SMILES string of the molecule is NNC(=O)c1[c]ccc2ccccc12. The van der Waals surface area contributed by atoms with Crippen LogP contribution in [0.3, 0.4) is 0 Å². The van der Waals surface area contributed by atoms with E-state index in [9.17, 15) is 4.79 Å². The Balaban J connectivity index is 2.71. The van der Waals surface area contributed by atoms with Crippen LogP contribution in [-0.2, 0) is 0 Å². The molecule has 1 amide bonds. The maximum Gasteiger partial charge on any atom is 0.266 e. The van der Waals surface area contributed by atoms with Gasteiger partial charge in [0.2, 0.25) is 0 Å². The summed E-state index contributed by atoms with van der Waals surface area (Å²) in [6, 6.07) is 14.1. The van der Waals surface area contributed by atoms with E-state index in [0.29, 0.717) is 5.56 Å². The van der Waals surface area contributed by atoms with Crippen molar-refractivity contribution in [2.24, 2.45) is 5.84 Å². The van der Waals surface area contributed by atoms with E-state index < -0.39 is 0 Å². The Morgan fingerprint density at radius 1 is 1.29 bits per heavy atom. The minimum atomic E-state index is -0.318. The van der Waals surface area contributed by atoms with Gasteiger partial charge in [-0.15, -0.1) is 0 Å². The monoisotopic (exact) mass is 185 g/mol. The van der Waals surface area contributed by atoms with Gasteiger partial charge in [-0.25, -0.2) is 5.84 Å². The van der Waals surface area contributed by atoms with Crippen molar-refractivity contribution in [1.29, 1.82) is 0 Å². The minimum absolute atomic E-state index is 0.318. The third-order valence-corrected chi connectivity index (χ3v) is 2.08. The molecule has 0 aliphatic rings. The van der Waals surface area contributed by atoms with Gasteiger partial charge in [-0.1, -0.05) is 36.4 Å². The van der Waals surface area contributed by atoms with Crippen molar-refractivity contribution < 1.29 is 4.79 Å². The second kappa shape index (κ2) is 3.47. The van der Waals surface area contributed by atoms with Gasteiger partial charge in [0.15, 0.2) is 0 Å². The molecule has 2 rings (SSSR count). The van der Waals surface area contributed by atoms with Gasteiger partial charge in [-0.3, -0.25) is 10.2 Å². The molecule has 0 saturated heterocycles. The summed E-state index contributed by atoms with van der Waals surface area (Å²) in [7, 11) is 0. The molecule has 0 unspecified atom stereocenters. The average molecular weight is 185 g/mol. The molecule has 0 aromatic heterocycles. The zero-order chi connectivity index (χ0) is 9.97. The topological polar surface area (TPSA) is 55.1 Å². The molecule has 0 saturated carbocycles. The number of hydrogen-bond acceptors (Lipinski definition) is 2. The predicted octanol–water partition coefficient (Wildman–Crippen LogP) is 1.24. The number of amides is 1. The quantitative estimate of drug-likeness (QED) is 0.399. The van der Waals surface area contributed by atoms with Crippen LogP contribution >= 0.6 is 0 Å². The summed E-state index contributed by atoms with van der Waals surface area (Å²) in [5.74, 6) is 4.76. The lowest BCUT2D eigenvalue weighted by atomic mass is 10.0. The summed E-state index contributed by atoms with van der Waals surface area (Å²) in [6.45, 7) is 0. The summed E-state index contributed by atoms with van der Waals surface area (Å²) < 4.78 is 0. The Labute approximate surface area is 81.5 Å². The summed E-state index contributed by atoms with van der Waals surface area (Å²) in [6.07, 6.45) is 0. The zero-order valence-electron chi connectivity index (χ0n) is 7.45. The second-order valence-corrected chi connectivity index (χ2v) is 2.91. The molecule has 0 heterocycles. The van der Waals surface area contributed by atoms with E-state index in [1.54, 1.807) is 6.07 Å². The van der Waals surface area contributed by atoms with Crippen molar-refractivity contribution in [3.63, 3.8) is 0 Å². The van der Waals surface area contributed by atoms with E-state index in [-0.39, 0.29) is 5.91 Å². The summed E-state index contributed by atoms with van der Waals surface area (Å²) in [4.78, 5) is 11.4. The number of nitrogens with one attached hydrogen (secondary N) is 1. The van der Waals surface area contributed by atoms with E-state index >= 15 is 0 Å². The lowest BCUT2D eigenvalue weighted by Crippen LogP contribution is -2.30. The second-order valence-electron chi connectivity index (χ2n) is 2.91. The van der Waals surface area contributed by atoms with Gasteiger partial charge in [0.05, 0.1) is 5.56 Å². The fourth-order valence-electron chi connectivity index (χ4n) is 1.42. The minimum Gasteiger partial charge on any atom is -0.290 e. The van der Waals surface area contributed by atoms with E-state index in [0.717, 1.165) is 10.8 Å². The molecule has 0 spiro atoms. The number of hydrazine groups is 1. The Kier molecular flexibility index (Phi) is 2.16. The van der Waals surface area contributed by atoms with Crippen LogP contribution in [0, 0.1) is 6.07 Å². The van der Waals surface area contributed by atoms with Gasteiger partial charge >= 0.3 is 0 Å². The molecular formula is C11H9N2O. The van der Waals surface area contributed by atoms with Crippen molar-refractivity contribution in [3.05, 3.63) is 48.0 Å². The third-order valence-electron chi connectivity index (χ3n) is 2.08. The average Bonchev–Trinajstić information content (AvgIpc) is 2.27. The number of carbonyl (C=O) groups excluding carboxylic acids is 1. The molecule has 2 aromatic rings. The van der Waals surface area contributed by atoms with Gasteiger partial charge in [0.25, 0.3) is 5.91 Å². The molecule has 0 aliphatic heterocycles. The normalized spacial score (nSPS) is 10.1. The highest BCUT2D eigenvalue weighted by molar-refractivity contribution is 6.06. The summed E-state index contributed by atoms with van der Waals surface area (Å²) in [5, 5.41) is 1.86. The van der Waals surface area contributed by atoms with Gasteiger partial charge in [0, 0.05) is 0 Å². The van der Waals surface area contributed by atoms with Crippen molar-refractivity contribution in [3.8, 4) is 0 Å². The summed E-state index contributed by atoms with van der Waals surface area (Å²) >= 11 is 0. The number of fused-ring (bicyclic) bond motifs is 1. The predicted molar refractivity (Wildman–Crippen MR) is 54.4 cm³/mol. The number of nitrogen functional groups attached to an aromatic ring is 1. The molecule has 3 heteroatoms. The fourth-order valence-corrected chi connectivity index (χ4v) is 1.42. The standard InChI is InChI=1S/C11H9N2O/c12-13-11(14)10-7-3-5-8-4-1-2-6-9(8)10/h1-6H,12H2,(H,13,14). The zero-order valence-corrected chi connectivity index (χ0v) is 7.45. The first kappa shape index (κ1) is 8.72. The Morgan fingerprint density at radius 2 is 2.07 bits per heavy atom. The number of nitrogens with two attached hydrogens (primary N) is 1. The maximum atomic E-state index is 11.4. The molecule has 2 aromatic carbocycles. The van der Waals surface area contributed by atoms with Gasteiger partial charge in [0.1, 0.15) is 0 Å². The lowest BCUT2D eigenvalue weighted by molar-refractivity contribution is 0.0955. The molecule has 14 heavy (non-hydrogen) atoms. The smallest absolute Gasteiger partial charge is 0.266 e. The van der Waals surface area contributed by atoms with Crippen molar-refractivity contribution >= 4 is 16.7 Å². The fraction of sp³-hybridized carbons (Fsp3) is 0. The number of hydrogen-bond donors (Lipinski definition) is 2. The van der Waals surface area contributed by atoms with E-state index in [2.05, 4.69) is 11.5 Å². The third kappa shape index (κ3) is 1.34. The first-order chi connectivity index (χ1) is 6.83. The van der Waals surface area contributed by atoms with Crippen molar-refractivity contribution in [2.45, 2.75) is 0 Å². The van der Waals surface area contributed by atoms with Crippen LogP contribution in [0.2, 0.25) is 0 Å². The molecule has 0 fully saturated rings. The number of benzene rings is 2. The highest BCUT2D eigenvalue weighted by Gasteiger charge is 2.07. The highest BCUT2D eigenvalue weighted by atomic mass is 16.2. The molecule has 0 atom stereocenters. The van der Waals surface area contributed by atoms with Gasteiger partial charge < -0.3 is 0 Å². The van der Waals surface area contributed by atoms with Crippen LogP contribution in [0.5, 0.6) is 0 Å². The van der Waals surface area contributed by atoms with Crippen LogP contribution in [-0.4, -0.2) is 5.91 Å². The molecule has 3 N–H and O–H groups in total. The van der Waals surface area contributed by atoms with Gasteiger partial charge in [-0.2, -0.15) is 0 Å². The molecule has 0 bridgehead atoms. The van der Waals surface area contributed by atoms with E-state index in [4.69, 9.17) is 5.84 Å². The van der Waals surface area contributed by atoms with Crippen LogP contribution in [0.25, 0.3) is 10.8 Å². The Hall–Kier alpha value is -1.87. The number of carbonyl (C=O) groups is 1. The van der Waals surface area contributed by atoms with E-state index in [1.807, 2.05) is 30.3 Å². The van der Waals surface area contributed by atoms with E-state index in [1.165, 1.54) is 0 Å². The first-order valence-corrected chi connectivity index (χ1v) is 4.23. The number of rotatable bonds is 1.